The van der Waals surface area contributed by atoms with Crippen molar-refractivity contribution in [3.05, 3.63) is 12.2 Å². The molecule has 1 N–H and O–H groups in total. The zero-order chi connectivity index (χ0) is 13.0. The van der Waals surface area contributed by atoms with Gasteiger partial charge in [-0.25, -0.2) is 0 Å². The normalized spacial score (nSPS) is 26.4. The predicted molar refractivity (Wildman–Crippen MR) is 57.9 cm³/mol. The van der Waals surface area contributed by atoms with Gasteiger partial charge < -0.3 is 14.8 Å². The van der Waals surface area contributed by atoms with Crippen molar-refractivity contribution < 1.29 is 23.9 Å². The van der Waals surface area contributed by atoms with Gasteiger partial charge in [-0.3, -0.25) is 14.4 Å². The Morgan fingerprint density at radius 1 is 0.941 bits per heavy atom. The Balaban J connectivity index is 2.73. The summed E-state index contributed by atoms with van der Waals surface area (Å²) in [5.74, 6) is -1.20. The maximum absolute atomic E-state index is 11.0. The van der Waals surface area contributed by atoms with Crippen molar-refractivity contribution in [3.63, 3.8) is 0 Å². The molecule has 94 valence electrons. The lowest BCUT2D eigenvalue weighted by Gasteiger charge is -2.24. The molecule has 1 unspecified atom stereocenters. The Kier molecular flexibility index (Phi) is 4.25. The van der Waals surface area contributed by atoms with Crippen molar-refractivity contribution >= 4 is 17.8 Å². The van der Waals surface area contributed by atoms with E-state index in [0.29, 0.717) is 0 Å². The van der Waals surface area contributed by atoms with E-state index in [0.717, 1.165) is 0 Å². The number of carbonyl (C=O) groups excluding carboxylic acids is 3. The number of ether oxygens (including phenoxy) is 2. The highest BCUT2D eigenvalue weighted by atomic mass is 16.6. The van der Waals surface area contributed by atoms with E-state index in [1.54, 1.807) is 12.2 Å². The number of rotatable bonds is 3. The number of hydrogen-bond acceptors (Lipinski definition) is 5. The maximum Gasteiger partial charge on any atom is 0.303 e. The molecule has 0 aliphatic heterocycles. The third-order valence-corrected chi connectivity index (χ3v) is 2.17. The summed E-state index contributed by atoms with van der Waals surface area (Å²) in [4.78, 5) is 32.8. The molecule has 1 amide bonds. The van der Waals surface area contributed by atoms with Gasteiger partial charge in [-0.2, -0.15) is 0 Å². The summed E-state index contributed by atoms with van der Waals surface area (Å²) in [6, 6.07) is -0.569. The Labute approximate surface area is 99.0 Å². The zero-order valence-corrected chi connectivity index (χ0v) is 9.93. The molecule has 6 nitrogen and oxygen atoms in total. The predicted octanol–water partition coefficient (Wildman–Crippen LogP) is -0.0757. The van der Waals surface area contributed by atoms with Crippen molar-refractivity contribution in [2.24, 2.45) is 0 Å². The lowest BCUT2D eigenvalue weighted by Crippen LogP contribution is -2.48. The molecule has 0 fully saturated rings. The first-order valence-corrected chi connectivity index (χ1v) is 5.20. The fourth-order valence-corrected chi connectivity index (χ4v) is 1.65. The molecule has 0 radical (unpaired) electrons. The SMILES string of the molecule is CC(=O)NC1[C@@H](OC(C)=O)C=C[C@H]1OC(C)=O. The molecule has 0 spiro atoms. The Hall–Kier alpha value is -1.85. The van der Waals surface area contributed by atoms with Crippen LogP contribution in [0.2, 0.25) is 0 Å². The quantitative estimate of drug-likeness (QED) is 0.552. The monoisotopic (exact) mass is 241 g/mol. The summed E-state index contributed by atoms with van der Waals surface area (Å²) in [6.45, 7) is 3.89. The highest BCUT2D eigenvalue weighted by Gasteiger charge is 2.36. The average molecular weight is 241 g/mol. The van der Waals surface area contributed by atoms with Crippen LogP contribution >= 0.6 is 0 Å². The number of esters is 2. The van der Waals surface area contributed by atoms with Gasteiger partial charge in [0, 0.05) is 20.8 Å². The fraction of sp³-hybridized carbons (Fsp3) is 0.545. The molecule has 1 rings (SSSR count). The topological polar surface area (TPSA) is 81.7 Å². The van der Waals surface area contributed by atoms with Gasteiger partial charge in [0.1, 0.15) is 18.2 Å². The van der Waals surface area contributed by atoms with Gasteiger partial charge in [0.2, 0.25) is 5.91 Å². The second kappa shape index (κ2) is 5.47. The third-order valence-electron chi connectivity index (χ3n) is 2.17. The third kappa shape index (κ3) is 3.90. The molecule has 1 aliphatic carbocycles. The van der Waals surface area contributed by atoms with Crippen molar-refractivity contribution in [1.29, 1.82) is 0 Å². The van der Waals surface area contributed by atoms with E-state index >= 15 is 0 Å². The summed E-state index contributed by atoms with van der Waals surface area (Å²) in [7, 11) is 0. The van der Waals surface area contributed by atoms with Gasteiger partial charge in [0.05, 0.1) is 0 Å². The van der Waals surface area contributed by atoms with Crippen LogP contribution in [0, 0.1) is 0 Å². The molecule has 0 saturated heterocycles. The summed E-state index contributed by atoms with van der Waals surface area (Å²) >= 11 is 0. The van der Waals surface area contributed by atoms with Gasteiger partial charge in [-0.1, -0.05) is 0 Å². The first kappa shape index (κ1) is 13.2. The van der Waals surface area contributed by atoms with E-state index in [1.165, 1.54) is 20.8 Å². The van der Waals surface area contributed by atoms with Gasteiger partial charge >= 0.3 is 11.9 Å². The van der Waals surface area contributed by atoms with Gasteiger partial charge in [0.25, 0.3) is 0 Å². The minimum absolute atomic E-state index is 0.284. The van der Waals surface area contributed by atoms with Crippen molar-refractivity contribution in [2.75, 3.05) is 0 Å². The van der Waals surface area contributed by atoms with Crippen LogP contribution in [0.15, 0.2) is 12.2 Å². The van der Waals surface area contributed by atoms with E-state index in [9.17, 15) is 14.4 Å². The minimum atomic E-state index is -0.610. The highest BCUT2D eigenvalue weighted by molar-refractivity contribution is 5.74. The Bertz CT molecular complexity index is 337. The molecule has 17 heavy (non-hydrogen) atoms. The molecule has 1 aliphatic rings. The Morgan fingerprint density at radius 2 is 1.35 bits per heavy atom. The summed E-state index contributed by atoms with van der Waals surface area (Å²) < 4.78 is 10.0. The zero-order valence-electron chi connectivity index (χ0n) is 9.93. The Morgan fingerprint density at radius 3 is 1.65 bits per heavy atom. The van der Waals surface area contributed by atoms with Crippen molar-refractivity contribution in [2.45, 2.75) is 39.0 Å². The molecule has 3 atom stereocenters. The van der Waals surface area contributed by atoms with Crippen LogP contribution in [-0.4, -0.2) is 36.1 Å². The van der Waals surface area contributed by atoms with Crippen LogP contribution < -0.4 is 5.32 Å². The average Bonchev–Trinajstić information content (AvgIpc) is 2.47. The van der Waals surface area contributed by atoms with E-state index in [4.69, 9.17) is 9.47 Å². The van der Waals surface area contributed by atoms with Crippen molar-refractivity contribution in [1.82, 2.24) is 5.32 Å². The van der Waals surface area contributed by atoms with Gasteiger partial charge in [0.15, 0.2) is 0 Å². The largest absolute Gasteiger partial charge is 0.456 e. The molecule has 0 heterocycles. The summed E-state index contributed by atoms with van der Waals surface area (Å²) in [5, 5.41) is 2.60. The van der Waals surface area contributed by atoms with Crippen LogP contribution in [-0.2, 0) is 23.9 Å². The maximum atomic E-state index is 11.0. The second-order valence-electron chi connectivity index (χ2n) is 3.76. The van der Waals surface area contributed by atoms with E-state index in [2.05, 4.69) is 5.32 Å². The van der Waals surface area contributed by atoms with E-state index < -0.39 is 30.2 Å². The highest BCUT2D eigenvalue weighted by Crippen LogP contribution is 2.19. The molecule has 0 aromatic heterocycles. The number of hydrogen-bond donors (Lipinski definition) is 1. The van der Waals surface area contributed by atoms with Crippen LogP contribution in [0.4, 0.5) is 0 Å². The number of nitrogens with one attached hydrogen (secondary N) is 1. The number of carbonyl (C=O) groups is 3. The van der Waals surface area contributed by atoms with Gasteiger partial charge in [-0.15, -0.1) is 0 Å². The standard InChI is InChI=1S/C11H15NO5/c1-6(13)12-11-9(16-7(2)14)4-5-10(11)17-8(3)15/h4-5,9-11H,1-3H3,(H,12,13)/t9-,10+,11?. The van der Waals surface area contributed by atoms with Crippen LogP contribution in [0.3, 0.4) is 0 Å². The van der Waals surface area contributed by atoms with Crippen LogP contribution in [0.1, 0.15) is 20.8 Å². The van der Waals surface area contributed by atoms with E-state index in [-0.39, 0.29) is 5.91 Å². The molecular formula is C11H15NO5. The van der Waals surface area contributed by atoms with Crippen molar-refractivity contribution in [3.8, 4) is 0 Å². The molecule has 0 saturated carbocycles. The molecule has 0 bridgehead atoms. The van der Waals surface area contributed by atoms with Gasteiger partial charge in [-0.05, 0) is 12.2 Å². The summed E-state index contributed by atoms with van der Waals surface area (Å²) in [5.41, 5.74) is 0. The lowest BCUT2D eigenvalue weighted by atomic mass is 10.1. The first-order chi connectivity index (χ1) is 7.90. The molecule has 0 aromatic carbocycles. The lowest BCUT2D eigenvalue weighted by molar-refractivity contribution is -0.151. The fourth-order valence-electron chi connectivity index (χ4n) is 1.65. The van der Waals surface area contributed by atoms with Crippen LogP contribution in [0.5, 0.6) is 0 Å². The molecular weight excluding hydrogens is 226 g/mol. The van der Waals surface area contributed by atoms with E-state index in [1.807, 2.05) is 0 Å². The molecule has 0 aromatic rings. The minimum Gasteiger partial charge on any atom is -0.456 e. The molecule has 6 heteroatoms. The number of amides is 1. The first-order valence-electron chi connectivity index (χ1n) is 5.20. The summed E-state index contributed by atoms with van der Waals surface area (Å²) in [6.07, 6.45) is 1.96. The smallest absolute Gasteiger partial charge is 0.303 e. The van der Waals surface area contributed by atoms with Crippen LogP contribution in [0.25, 0.3) is 0 Å². The second-order valence-corrected chi connectivity index (χ2v) is 3.76.